The van der Waals surface area contributed by atoms with Gasteiger partial charge in [-0.05, 0) is 39.7 Å². The molecule has 0 spiro atoms. The zero-order valence-electron chi connectivity index (χ0n) is 10.1. The molecule has 3 nitrogen and oxygen atoms in total. The number of hydrogen-bond donors (Lipinski definition) is 0. The van der Waals surface area contributed by atoms with Crippen LogP contribution >= 0.6 is 11.6 Å². The average molecular weight is 247 g/mol. The first-order valence-electron chi connectivity index (χ1n) is 5.20. The quantitative estimate of drug-likeness (QED) is 0.403. The van der Waals surface area contributed by atoms with Crippen LogP contribution in [0.15, 0.2) is 23.3 Å². The van der Waals surface area contributed by atoms with Crippen LogP contribution in [0.25, 0.3) is 0 Å². The van der Waals surface area contributed by atoms with Crippen molar-refractivity contribution in [2.75, 3.05) is 12.7 Å². The van der Waals surface area contributed by atoms with Crippen molar-refractivity contribution in [3.8, 4) is 0 Å². The van der Waals surface area contributed by atoms with Gasteiger partial charge < -0.3 is 9.47 Å². The van der Waals surface area contributed by atoms with E-state index in [0.29, 0.717) is 0 Å². The van der Waals surface area contributed by atoms with E-state index in [0.717, 1.165) is 12.8 Å². The Morgan fingerprint density at radius 1 is 1.19 bits per heavy atom. The largest absolute Gasteiger partial charge is 0.509 e. The van der Waals surface area contributed by atoms with Crippen molar-refractivity contribution in [2.24, 2.45) is 0 Å². The van der Waals surface area contributed by atoms with Gasteiger partial charge in [0, 0.05) is 0 Å². The molecule has 0 unspecified atom stereocenters. The monoisotopic (exact) mass is 246 g/mol. The average Bonchev–Trinajstić information content (AvgIpc) is 2.17. The number of rotatable bonds is 6. The standard InChI is InChI=1S/C12H19ClO3/c1-10(2)5-4-6-11(3)7-8-15-12(14)16-9-13/h5,7H,4,6,8-9H2,1-3H3/b11-7+. The minimum atomic E-state index is -0.733. The van der Waals surface area contributed by atoms with Gasteiger partial charge in [-0.3, -0.25) is 0 Å². The summed E-state index contributed by atoms with van der Waals surface area (Å²) in [6, 6.07) is -0.178. The van der Waals surface area contributed by atoms with Gasteiger partial charge in [-0.25, -0.2) is 4.79 Å². The molecule has 0 aliphatic heterocycles. The molecule has 0 fully saturated rings. The molecule has 0 saturated carbocycles. The third kappa shape index (κ3) is 9.59. The molecule has 0 aromatic carbocycles. The molecule has 0 heterocycles. The summed E-state index contributed by atoms with van der Waals surface area (Å²) in [5, 5.41) is 0. The molecule has 0 aromatic rings. The second-order valence-corrected chi connectivity index (χ2v) is 3.90. The summed E-state index contributed by atoms with van der Waals surface area (Å²) in [4.78, 5) is 10.8. The van der Waals surface area contributed by atoms with E-state index < -0.39 is 6.16 Å². The van der Waals surface area contributed by atoms with E-state index in [-0.39, 0.29) is 12.7 Å². The zero-order chi connectivity index (χ0) is 12.4. The molecule has 0 aromatic heterocycles. The van der Waals surface area contributed by atoms with E-state index in [1.807, 2.05) is 13.0 Å². The van der Waals surface area contributed by atoms with Crippen molar-refractivity contribution in [3.05, 3.63) is 23.3 Å². The fraction of sp³-hybridized carbons (Fsp3) is 0.583. The predicted octanol–water partition coefficient (Wildman–Crippen LogP) is 4.03. The summed E-state index contributed by atoms with van der Waals surface area (Å²) in [5.41, 5.74) is 2.51. The van der Waals surface area contributed by atoms with Gasteiger partial charge in [0.1, 0.15) is 6.61 Å². The molecule has 0 bridgehead atoms. The van der Waals surface area contributed by atoms with Crippen LogP contribution in [-0.2, 0) is 9.47 Å². The molecule has 92 valence electrons. The Bertz CT molecular complexity index is 265. The third-order valence-electron chi connectivity index (χ3n) is 1.90. The Morgan fingerprint density at radius 2 is 1.88 bits per heavy atom. The fourth-order valence-electron chi connectivity index (χ4n) is 1.03. The summed E-state index contributed by atoms with van der Waals surface area (Å²) < 4.78 is 9.14. The highest BCUT2D eigenvalue weighted by atomic mass is 35.5. The number of carbonyl (C=O) groups is 1. The molecule has 0 atom stereocenters. The highest BCUT2D eigenvalue weighted by Crippen LogP contribution is 2.06. The lowest BCUT2D eigenvalue weighted by Gasteiger charge is -2.02. The van der Waals surface area contributed by atoms with E-state index in [2.05, 4.69) is 24.7 Å². The maximum Gasteiger partial charge on any atom is 0.509 e. The maximum absolute atomic E-state index is 10.8. The Balaban J connectivity index is 3.70. The SMILES string of the molecule is CC(C)=CCC/C(C)=C/COC(=O)OCCl. The summed E-state index contributed by atoms with van der Waals surface area (Å²) in [6.45, 7) is 6.39. The van der Waals surface area contributed by atoms with Gasteiger partial charge in [0.15, 0.2) is 6.07 Å². The molecular weight excluding hydrogens is 228 g/mol. The Kier molecular flexibility index (Phi) is 8.72. The molecule has 0 saturated heterocycles. The number of halogens is 1. The van der Waals surface area contributed by atoms with Crippen LogP contribution in [-0.4, -0.2) is 18.8 Å². The first kappa shape index (κ1) is 15.0. The molecule has 0 aliphatic rings. The minimum Gasteiger partial charge on any atom is -0.430 e. The Morgan fingerprint density at radius 3 is 2.44 bits per heavy atom. The van der Waals surface area contributed by atoms with E-state index in [1.54, 1.807) is 0 Å². The van der Waals surface area contributed by atoms with Gasteiger partial charge in [0.05, 0.1) is 0 Å². The van der Waals surface area contributed by atoms with Gasteiger partial charge in [-0.1, -0.05) is 28.8 Å². The van der Waals surface area contributed by atoms with Crippen LogP contribution in [0.5, 0.6) is 0 Å². The molecule has 0 aliphatic carbocycles. The van der Waals surface area contributed by atoms with Crippen LogP contribution in [0, 0.1) is 0 Å². The van der Waals surface area contributed by atoms with Crippen LogP contribution in [0.4, 0.5) is 4.79 Å². The second-order valence-electron chi connectivity index (χ2n) is 3.69. The Hall–Kier alpha value is -0.960. The number of alkyl halides is 1. The highest BCUT2D eigenvalue weighted by Gasteiger charge is 1.99. The second kappa shape index (κ2) is 9.28. The van der Waals surface area contributed by atoms with E-state index >= 15 is 0 Å². The van der Waals surface area contributed by atoms with Crippen LogP contribution in [0.2, 0.25) is 0 Å². The highest BCUT2D eigenvalue weighted by molar-refractivity contribution is 6.17. The molecule has 4 heteroatoms. The van der Waals surface area contributed by atoms with Crippen molar-refractivity contribution >= 4 is 17.8 Å². The predicted molar refractivity (Wildman–Crippen MR) is 65.6 cm³/mol. The van der Waals surface area contributed by atoms with Crippen molar-refractivity contribution in [1.29, 1.82) is 0 Å². The van der Waals surface area contributed by atoms with Gasteiger partial charge in [0.25, 0.3) is 0 Å². The van der Waals surface area contributed by atoms with Gasteiger partial charge >= 0.3 is 6.16 Å². The number of hydrogen-bond acceptors (Lipinski definition) is 3. The molecular formula is C12H19ClO3. The summed E-state index contributed by atoms with van der Waals surface area (Å²) in [6.07, 6.45) is 5.30. The molecule has 0 rings (SSSR count). The van der Waals surface area contributed by atoms with Crippen molar-refractivity contribution < 1.29 is 14.3 Å². The summed E-state index contributed by atoms with van der Waals surface area (Å²) in [7, 11) is 0. The van der Waals surface area contributed by atoms with Crippen LogP contribution < -0.4 is 0 Å². The fourth-order valence-corrected chi connectivity index (χ4v) is 1.12. The van der Waals surface area contributed by atoms with Crippen molar-refractivity contribution in [2.45, 2.75) is 33.6 Å². The maximum atomic E-state index is 10.8. The van der Waals surface area contributed by atoms with Gasteiger partial charge in [0.2, 0.25) is 0 Å². The molecule has 16 heavy (non-hydrogen) atoms. The lowest BCUT2D eigenvalue weighted by molar-refractivity contribution is 0.0764. The molecule has 0 N–H and O–H groups in total. The van der Waals surface area contributed by atoms with Crippen molar-refractivity contribution in [3.63, 3.8) is 0 Å². The number of carbonyl (C=O) groups excluding carboxylic acids is 1. The topological polar surface area (TPSA) is 35.5 Å². The summed E-state index contributed by atoms with van der Waals surface area (Å²) in [5.74, 6) is 0. The number of allylic oxidation sites excluding steroid dienone is 3. The van der Waals surface area contributed by atoms with Crippen LogP contribution in [0.1, 0.15) is 33.6 Å². The van der Waals surface area contributed by atoms with E-state index in [4.69, 9.17) is 16.3 Å². The van der Waals surface area contributed by atoms with E-state index in [9.17, 15) is 4.79 Å². The first-order chi connectivity index (χ1) is 7.56. The zero-order valence-corrected chi connectivity index (χ0v) is 10.8. The first-order valence-corrected chi connectivity index (χ1v) is 5.74. The number of ether oxygens (including phenoxy) is 2. The molecule has 0 radical (unpaired) electrons. The van der Waals surface area contributed by atoms with Crippen molar-refractivity contribution in [1.82, 2.24) is 0 Å². The lowest BCUT2D eigenvalue weighted by Crippen LogP contribution is -2.06. The molecule has 0 amide bonds. The van der Waals surface area contributed by atoms with Gasteiger partial charge in [-0.15, -0.1) is 0 Å². The van der Waals surface area contributed by atoms with Gasteiger partial charge in [-0.2, -0.15) is 0 Å². The lowest BCUT2D eigenvalue weighted by atomic mass is 10.1. The normalized spacial score (nSPS) is 10.9. The van der Waals surface area contributed by atoms with E-state index in [1.165, 1.54) is 11.1 Å². The third-order valence-corrected chi connectivity index (χ3v) is 2.01. The summed E-state index contributed by atoms with van der Waals surface area (Å²) >= 11 is 5.19. The minimum absolute atomic E-state index is 0.178. The van der Waals surface area contributed by atoms with Crippen LogP contribution in [0.3, 0.4) is 0 Å². The Labute approximate surface area is 102 Å². The smallest absolute Gasteiger partial charge is 0.430 e.